The van der Waals surface area contributed by atoms with Crippen molar-refractivity contribution < 1.29 is 21.6 Å². The average molecular weight is 480 g/mol. The number of carbonyl (C=O) groups excluding carboxylic acids is 1. The van der Waals surface area contributed by atoms with Crippen LogP contribution in [0.1, 0.15) is 37.8 Å². The van der Waals surface area contributed by atoms with Gasteiger partial charge in [0.15, 0.2) is 0 Å². The molecule has 0 saturated carbocycles. The number of nitrogens with one attached hydrogen (secondary N) is 2. The van der Waals surface area contributed by atoms with Gasteiger partial charge in [-0.3, -0.25) is 4.79 Å². The topological polar surface area (TPSA) is 113 Å². The summed E-state index contributed by atoms with van der Waals surface area (Å²) >= 11 is 0. The lowest BCUT2D eigenvalue weighted by Gasteiger charge is -2.23. The van der Waals surface area contributed by atoms with Crippen molar-refractivity contribution in [2.45, 2.75) is 62.0 Å². The molecule has 1 saturated heterocycles. The SMILES string of the molecule is Cc1ccc(S(=O)(=O)N2CCC[C@@H]2C(=O)NCc2cccc(S(=O)(=O)NC(C)C)c2)cc1. The fourth-order valence-corrected chi connectivity index (χ4v) is 6.62. The number of benzene rings is 2. The molecule has 2 aromatic carbocycles. The van der Waals surface area contributed by atoms with Crippen molar-refractivity contribution in [1.82, 2.24) is 14.3 Å². The van der Waals surface area contributed by atoms with Crippen LogP contribution in [-0.4, -0.2) is 45.7 Å². The van der Waals surface area contributed by atoms with Crippen molar-refractivity contribution >= 4 is 26.0 Å². The summed E-state index contributed by atoms with van der Waals surface area (Å²) in [6.07, 6.45) is 1.03. The average Bonchev–Trinajstić information content (AvgIpc) is 3.23. The first-order chi connectivity index (χ1) is 15.0. The van der Waals surface area contributed by atoms with Gasteiger partial charge in [0.2, 0.25) is 26.0 Å². The van der Waals surface area contributed by atoms with Crippen molar-refractivity contribution in [2.24, 2.45) is 0 Å². The lowest BCUT2D eigenvalue weighted by Crippen LogP contribution is -2.45. The van der Waals surface area contributed by atoms with Gasteiger partial charge in [-0.2, -0.15) is 4.31 Å². The fraction of sp³-hybridized carbons (Fsp3) is 0.409. The van der Waals surface area contributed by atoms with Crippen molar-refractivity contribution in [1.29, 1.82) is 0 Å². The van der Waals surface area contributed by atoms with Crippen molar-refractivity contribution in [3.63, 3.8) is 0 Å². The van der Waals surface area contributed by atoms with Gasteiger partial charge in [0.05, 0.1) is 9.79 Å². The largest absolute Gasteiger partial charge is 0.351 e. The monoisotopic (exact) mass is 479 g/mol. The number of aryl methyl sites for hydroxylation is 1. The Morgan fingerprint density at radius 3 is 2.41 bits per heavy atom. The van der Waals surface area contributed by atoms with Crippen LogP contribution in [0.5, 0.6) is 0 Å². The zero-order chi connectivity index (χ0) is 23.5. The van der Waals surface area contributed by atoms with Crippen molar-refractivity contribution in [3.05, 3.63) is 59.7 Å². The second kappa shape index (κ2) is 9.70. The van der Waals surface area contributed by atoms with Crippen LogP contribution in [0.15, 0.2) is 58.3 Å². The molecule has 1 heterocycles. The smallest absolute Gasteiger partial charge is 0.243 e. The van der Waals surface area contributed by atoms with Gasteiger partial charge < -0.3 is 5.32 Å². The highest BCUT2D eigenvalue weighted by atomic mass is 32.2. The maximum atomic E-state index is 13.1. The molecule has 1 fully saturated rings. The second-order valence-electron chi connectivity index (χ2n) is 8.23. The number of nitrogens with zero attached hydrogens (tertiary/aromatic N) is 1. The van der Waals surface area contributed by atoms with Crippen molar-refractivity contribution in [2.75, 3.05) is 6.54 Å². The molecule has 10 heteroatoms. The van der Waals surface area contributed by atoms with E-state index in [1.54, 1.807) is 50.2 Å². The molecule has 1 atom stereocenters. The quantitative estimate of drug-likeness (QED) is 0.602. The van der Waals surface area contributed by atoms with E-state index >= 15 is 0 Å². The summed E-state index contributed by atoms with van der Waals surface area (Å²) in [5.41, 5.74) is 1.56. The highest BCUT2D eigenvalue weighted by Gasteiger charge is 2.39. The van der Waals surface area contributed by atoms with Gasteiger partial charge in [0.1, 0.15) is 6.04 Å². The van der Waals surface area contributed by atoms with Crippen LogP contribution in [0.3, 0.4) is 0 Å². The second-order valence-corrected chi connectivity index (χ2v) is 11.8. The van der Waals surface area contributed by atoms with Gasteiger partial charge in [0.25, 0.3) is 0 Å². The van der Waals surface area contributed by atoms with E-state index < -0.39 is 32.0 Å². The summed E-state index contributed by atoms with van der Waals surface area (Å²) < 4.78 is 54.6. The third kappa shape index (κ3) is 5.55. The maximum Gasteiger partial charge on any atom is 0.243 e. The molecule has 0 bridgehead atoms. The number of amides is 1. The molecule has 32 heavy (non-hydrogen) atoms. The minimum Gasteiger partial charge on any atom is -0.351 e. The summed E-state index contributed by atoms with van der Waals surface area (Å²) in [4.78, 5) is 13.1. The molecule has 0 unspecified atom stereocenters. The van der Waals surface area contributed by atoms with Crippen LogP contribution in [0.25, 0.3) is 0 Å². The van der Waals surface area contributed by atoms with Crippen LogP contribution in [0.4, 0.5) is 0 Å². The molecule has 0 spiro atoms. The third-order valence-electron chi connectivity index (χ3n) is 5.20. The maximum absolute atomic E-state index is 13.1. The molecule has 2 aromatic rings. The number of hydrogen-bond acceptors (Lipinski definition) is 5. The number of sulfonamides is 2. The summed E-state index contributed by atoms with van der Waals surface area (Å²) in [5, 5.41) is 2.76. The Bertz CT molecular complexity index is 1180. The van der Waals surface area contributed by atoms with E-state index in [0.717, 1.165) is 5.56 Å². The Morgan fingerprint density at radius 1 is 1.06 bits per heavy atom. The predicted molar refractivity (Wildman–Crippen MR) is 122 cm³/mol. The van der Waals surface area contributed by atoms with E-state index in [2.05, 4.69) is 10.0 Å². The lowest BCUT2D eigenvalue weighted by atomic mass is 10.2. The van der Waals surface area contributed by atoms with E-state index in [9.17, 15) is 21.6 Å². The summed E-state index contributed by atoms with van der Waals surface area (Å²) in [7, 11) is -7.43. The lowest BCUT2D eigenvalue weighted by molar-refractivity contribution is -0.124. The van der Waals surface area contributed by atoms with E-state index in [4.69, 9.17) is 0 Å². The van der Waals surface area contributed by atoms with Gasteiger partial charge in [-0.05, 0) is 63.4 Å². The molecule has 3 rings (SSSR count). The molecular formula is C22H29N3O5S2. The Hall–Kier alpha value is -2.27. The molecule has 1 amide bonds. The number of carbonyl (C=O) groups is 1. The van der Waals surface area contributed by atoms with Crippen LogP contribution < -0.4 is 10.0 Å². The summed E-state index contributed by atoms with van der Waals surface area (Å²) in [6, 6.07) is 11.8. The standard InChI is InChI=1S/C22H29N3O5S2/c1-16(2)24-31(27,28)20-7-4-6-18(14-20)15-23-22(26)21-8-5-13-25(21)32(29,30)19-11-9-17(3)10-12-19/h4,6-7,9-12,14,16,21,24H,5,8,13,15H2,1-3H3,(H,23,26)/t21-/m1/s1. The van der Waals surface area contributed by atoms with Gasteiger partial charge in [-0.25, -0.2) is 21.6 Å². The Balaban J connectivity index is 1.71. The predicted octanol–water partition coefficient (Wildman–Crippen LogP) is 2.15. The highest BCUT2D eigenvalue weighted by Crippen LogP contribution is 2.26. The normalized spacial score (nSPS) is 17.6. The molecule has 0 radical (unpaired) electrons. The summed E-state index contributed by atoms with van der Waals surface area (Å²) in [5.74, 6) is -0.397. The van der Waals surface area contributed by atoms with Gasteiger partial charge in [0, 0.05) is 19.1 Å². The first-order valence-electron chi connectivity index (χ1n) is 10.5. The first kappa shape index (κ1) is 24.4. The van der Waals surface area contributed by atoms with Gasteiger partial charge >= 0.3 is 0 Å². The Labute approximate surface area is 190 Å². The van der Waals surface area contributed by atoms with Gasteiger partial charge in [-0.15, -0.1) is 0 Å². The van der Waals surface area contributed by atoms with E-state index in [0.29, 0.717) is 18.4 Å². The molecule has 1 aliphatic heterocycles. The minimum absolute atomic E-state index is 0.0960. The van der Waals surface area contributed by atoms with Gasteiger partial charge in [-0.1, -0.05) is 29.8 Å². The first-order valence-corrected chi connectivity index (χ1v) is 13.4. The Morgan fingerprint density at radius 2 is 1.75 bits per heavy atom. The minimum atomic E-state index is -3.79. The Kier molecular flexibility index (Phi) is 7.39. The molecule has 174 valence electrons. The number of hydrogen-bond donors (Lipinski definition) is 2. The third-order valence-corrected chi connectivity index (χ3v) is 8.78. The van der Waals surface area contributed by atoms with E-state index in [1.165, 1.54) is 16.4 Å². The molecular weight excluding hydrogens is 450 g/mol. The molecule has 8 nitrogen and oxygen atoms in total. The zero-order valence-electron chi connectivity index (χ0n) is 18.4. The van der Waals surface area contributed by atoms with Crippen LogP contribution in [0, 0.1) is 6.92 Å². The molecule has 2 N–H and O–H groups in total. The molecule has 1 aliphatic rings. The highest BCUT2D eigenvalue weighted by molar-refractivity contribution is 7.89. The molecule has 0 aromatic heterocycles. The van der Waals surface area contributed by atoms with Crippen LogP contribution in [0.2, 0.25) is 0 Å². The number of rotatable bonds is 8. The van der Waals surface area contributed by atoms with Crippen molar-refractivity contribution in [3.8, 4) is 0 Å². The fourth-order valence-electron chi connectivity index (χ4n) is 3.64. The zero-order valence-corrected chi connectivity index (χ0v) is 20.0. The van der Waals surface area contributed by atoms with E-state index in [-0.39, 0.29) is 28.9 Å². The van der Waals surface area contributed by atoms with Crippen LogP contribution >= 0.6 is 0 Å². The van der Waals surface area contributed by atoms with E-state index in [1.807, 2.05) is 6.92 Å². The molecule has 0 aliphatic carbocycles. The summed E-state index contributed by atoms with van der Waals surface area (Å²) in [6.45, 7) is 5.72. The van der Waals surface area contributed by atoms with Crippen LogP contribution in [-0.2, 0) is 31.4 Å².